The second kappa shape index (κ2) is 3.93. The number of hydrogen-bond donors (Lipinski definition) is 0. The van der Waals surface area contributed by atoms with Gasteiger partial charge in [-0.3, -0.25) is 0 Å². The third-order valence-electron chi connectivity index (χ3n) is 4.38. The van der Waals surface area contributed by atoms with Gasteiger partial charge in [-0.15, -0.1) is 0 Å². The molecule has 4 fully saturated rings. The van der Waals surface area contributed by atoms with Crippen molar-refractivity contribution in [2.75, 3.05) is 31.1 Å². The van der Waals surface area contributed by atoms with Crippen molar-refractivity contribution in [1.29, 1.82) is 0 Å². The highest BCUT2D eigenvalue weighted by Gasteiger charge is 2.42. The molecule has 0 saturated carbocycles. The van der Waals surface area contributed by atoms with E-state index in [2.05, 4.69) is 30.7 Å². The van der Waals surface area contributed by atoms with Gasteiger partial charge < -0.3 is 9.80 Å². The van der Waals surface area contributed by atoms with Crippen molar-refractivity contribution in [3.05, 3.63) is 9.98 Å². The van der Waals surface area contributed by atoms with Crippen molar-refractivity contribution in [2.45, 2.75) is 18.9 Å². The number of halogens is 1. The number of rotatable bonds is 1. The third kappa shape index (κ3) is 1.83. The second-order valence-electron chi connectivity index (χ2n) is 5.68. The maximum absolute atomic E-state index is 4.56. The molecule has 0 spiro atoms. The third-order valence-corrected chi connectivity index (χ3v) is 5.89. The molecule has 4 atom stereocenters. The Balaban J connectivity index is 1.68. The molecule has 5 heteroatoms. The zero-order valence-corrected chi connectivity index (χ0v) is 12.1. The first-order chi connectivity index (χ1) is 8.28. The molecule has 4 bridgehead atoms. The lowest BCUT2D eigenvalue weighted by Crippen LogP contribution is -2.49. The number of anilines is 1. The largest absolute Gasteiger partial charge is 0.343 e. The Morgan fingerprint density at radius 2 is 2.06 bits per heavy atom. The van der Waals surface area contributed by atoms with E-state index in [0.29, 0.717) is 6.04 Å². The Kier molecular flexibility index (Phi) is 2.49. The van der Waals surface area contributed by atoms with Crippen molar-refractivity contribution in [3.63, 3.8) is 0 Å². The highest BCUT2D eigenvalue weighted by molar-refractivity contribution is 9.11. The Labute approximate surface area is 114 Å². The lowest BCUT2D eigenvalue weighted by molar-refractivity contribution is 0.0980. The first-order valence-electron chi connectivity index (χ1n) is 6.38. The quantitative estimate of drug-likeness (QED) is 0.794. The molecule has 5 heterocycles. The summed E-state index contributed by atoms with van der Waals surface area (Å²) in [7, 11) is 0. The summed E-state index contributed by atoms with van der Waals surface area (Å²) in [5, 5.41) is 1.22. The normalized spacial score (nSPS) is 39.7. The van der Waals surface area contributed by atoms with E-state index in [-0.39, 0.29) is 0 Å². The molecule has 4 saturated heterocycles. The van der Waals surface area contributed by atoms with E-state index < -0.39 is 0 Å². The Bertz CT molecular complexity index is 421. The molecule has 1 aromatic rings. The standard InChI is InChI=1S/C12H16BrN3S/c13-11-3-14-12(17-11)16-6-9-1-8-2-10(16)7-15(4-8)5-9/h3,8-10H,1-2,4-7H2. The van der Waals surface area contributed by atoms with Gasteiger partial charge in [-0.25, -0.2) is 4.98 Å². The summed E-state index contributed by atoms with van der Waals surface area (Å²) in [6.07, 6.45) is 4.76. The maximum atomic E-state index is 4.56. The molecule has 92 valence electrons. The van der Waals surface area contributed by atoms with E-state index in [1.807, 2.05) is 6.20 Å². The molecule has 4 aliphatic heterocycles. The molecule has 0 radical (unpaired) electrons. The van der Waals surface area contributed by atoms with E-state index in [1.165, 1.54) is 44.2 Å². The number of nitrogens with zero attached hydrogens (tertiary/aromatic N) is 3. The lowest BCUT2D eigenvalue weighted by atomic mass is 9.84. The molecule has 1 aromatic heterocycles. The van der Waals surface area contributed by atoms with Crippen molar-refractivity contribution < 1.29 is 0 Å². The minimum Gasteiger partial charge on any atom is -0.343 e. The van der Waals surface area contributed by atoms with Gasteiger partial charge in [0.1, 0.15) is 0 Å². The summed E-state index contributed by atoms with van der Waals surface area (Å²) in [6.45, 7) is 5.14. The summed E-state index contributed by atoms with van der Waals surface area (Å²) < 4.78 is 1.15. The predicted octanol–water partition coefficient (Wildman–Crippen LogP) is 2.44. The molecule has 0 N–H and O–H groups in total. The number of piperidine rings is 2. The molecule has 4 unspecified atom stereocenters. The fourth-order valence-electron chi connectivity index (χ4n) is 3.90. The minimum absolute atomic E-state index is 0.708. The van der Waals surface area contributed by atoms with Gasteiger partial charge in [-0.2, -0.15) is 0 Å². The van der Waals surface area contributed by atoms with Crippen LogP contribution in [0.4, 0.5) is 5.13 Å². The average molecular weight is 314 g/mol. The molecule has 5 rings (SSSR count). The molecular weight excluding hydrogens is 298 g/mol. The summed E-state index contributed by atoms with van der Waals surface area (Å²) in [5.41, 5.74) is 0. The smallest absolute Gasteiger partial charge is 0.186 e. The van der Waals surface area contributed by atoms with Crippen LogP contribution in [0.3, 0.4) is 0 Å². The number of hydrogen-bond acceptors (Lipinski definition) is 4. The number of fused-ring (bicyclic) bond motifs is 1. The van der Waals surface area contributed by atoms with E-state index in [0.717, 1.165) is 15.6 Å². The van der Waals surface area contributed by atoms with E-state index in [1.54, 1.807) is 11.3 Å². The van der Waals surface area contributed by atoms with Crippen LogP contribution in [0, 0.1) is 11.8 Å². The van der Waals surface area contributed by atoms with Crippen LogP contribution < -0.4 is 4.90 Å². The van der Waals surface area contributed by atoms with Crippen molar-refractivity contribution in [3.8, 4) is 0 Å². The van der Waals surface area contributed by atoms with Crippen LogP contribution in [0.15, 0.2) is 9.98 Å². The van der Waals surface area contributed by atoms with Crippen LogP contribution in [-0.2, 0) is 0 Å². The van der Waals surface area contributed by atoms with Gasteiger partial charge in [0.15, 0.2) is 5.13 Å². The van der Waals surface area contributed by atoms with Gasteiger partial charge in [-0.05, 0) is 40.6 Å². The topological polar surface area (TPSA) is 19.4 Å². The predicted molar refractivity (Wildman–Crippen MR) is 73.6 cm³/mol. The molecular formula is C12H16BrN3S. The Morgan fingerprint density at radius 3 is 2.82 bits per heavy atom. The Morgan fingerprint density at radius 1 is 1.18 bits per heavy atom. The van der Waals surface area contributed by atoms with Gasteiger partial charge in [0, 0.05) is 32.2 Å². The van der Waals surface area contributed by atoms with Gasteiger partial charge in [0.05, 0.1) is 9.98 Å². The molecule has 4 aliphatic rings. The summed E-state index contributed by atoms with van der Waals surface area (Å²) in [6, 6.07) is 0.708. The zero-order chi connectivity index (χ0) is 11.4. The Hall–Kier alpha value is -0.130. The van der Waals surface area contributed by atoms with Crippen molar-refractivity contribution in [1.82, 2.24) is 9.88 Å². The maximum Gasteiger partial charge on any atom is 0.186 e. The molecule has 0 aliphatic carbocycles. The fraction of sp³-hybridized carbons (Fsp3) is 0.750. The first-order valence-corrected chi connectivity index (χ1v) is 7.99. The summed E-state index contributed by atoms with van der Waals surface area (Å²) in [5.74, 6) is 1.81. The monoisotopic (exact) mass is 313 g/mol. The van der Waals surface area contributed by atoms with Gasteiger partial charge in [0.25, 0.3) is 0 Å². The second-order valence-corrected chi connectivity index (χ2v) is 8.06. The zero-order valence-electron chi connectivity index (χ0n) is 9.68. The summed E-state index contributed by atoms with van der Waals surface area (Å²) >= 11 is 5.31. The van der Waals surface area contributed by atoms with Crippen LogP contribution in [-0.4, -0.2) is 42.1 Å². The molecule has 3 nitrogen and oxygen atoms in total. The van der Waals surface area contributed by atoms with Crippen LogP contribution in [0.2, 0.25) is 0 Å². The summed E-state index contributed by atoms with van der Waals surface area (Å²) in [4.78, 5) is 9.82. The highest BCUT2D eigenvalue weighted by Crippen LogP contribution is 2.39. The van der Waals surface area contributed by atoms with Crippen molar-refractivity contribution >= 4 is 32.4 Å². The average Bonchev–Trinajstić information content (AvgIpc) is 2.61. The lowest BCUT2D eigenvalue weighted by Gasteiger charge is -2.41. The van der Waals surface area contributed by atoms with Crippen LogP contribution in [0.25, 0.3) is 0 Å². The van der Waals surface area contributed by atoms with Gasteiger partial charge in [-0.1, -0.05) is 11.3 Å². The van der Waals surface area contributed by atoms with E-state index in [4.69, 9.17) is 0 Å². The van der Waals surface area contributed by atoms with Crippen LogP contribution >= 0.6 is 27.3 Å². The minimum atomic E-state index is 0.708. The van der Waals surface area contributed by atoms with E-state index >= 15 is 0 Å². The van der Waals surface area contributed by atoms with Gasteiger partial charge in [0.2, 0.25) is 0 Å². The molecule has 0 aromatic carbocycles. The first kappa shape index (κ1) is 10.8. The van der Waals surface area contributed by atoms with Crippen LogP contribution in [0.5, 0.6) is 0 Å². The molecule has 17 heavy (non-hydrogen) atoms. The number of aromatic nitrogens is 1. The molecule has 0 amide bonds. The van der Waals surface area contributed by atoms with Gasteiger partial charge >= 0.3 is 0 Å². The number of thiazole rings is 1. The van der Waals surface area contributed by atoms with Crippen LogP contribution in [0.1, 0.15) is 12.8 Å². The van der Waals surface area contributed by atoms with Crippen molar-refractivity contribution in [2.24, 2.45) is 11.8 Å². The fourth-order valence-corrected chi connectivity index (χ4v) is 5.16. The van der Waals surface area contributed by atoms with E-state index in [9.17, 15) is 0 Å². The highest BCUT2D eigenvalue weighted by atomic mass is 79.9. The SMILES string of the molecule is Brc1cnc(N2CC3CC4CC2CN(C4)C3)s1.